The first-order chi connectivity index (χ1) is 16.2. The molecule has 0 aliphatic rings. The van der Waals surface area contributed by atoms with Gasteiger partial charge in [-0.1, -0.05) is 26.0 Å². The first-order valence-electron chi connectivity index (χ1n) is 11.5. The van der Waals surface area contributed by atoms with Gasteiger partial charge in [-0.05, 0) is 49.4 Å². The van der Waals surface area contributed by atoms with Gasteiger partial charge in [-0.2, -0.15) is 0 Å². The van der Waals surface area contributed by atoms with Gasteiger partial charge >= 0.3 is 5.97 Å². The molecular weight excluding hydrogens is 432 g/mol. The van der Waals surface area contributed by atoms with Gasteiger partial charge in [-0.15, -0.1) is 0 Å². The van der Waals surface area contributed by atoms with Gasteiger partial charge in [0.2, 0.25) is 5.91 Å². The fourth-order valence-corrected chi connectivity index (χ4v) is 4.01. The Bertz CT molecular complexity index is 1170. The minimum Gasteiger partial charge on any atom is -0.497 e. The highest BCUT2D eigenvalue weighted by molar-refractivity contribution is 6.10. The molecule has 0 unspecified atom stereocenters. The molecule has 0 aliphatic carbocycles. The Hall–Kier alpha value is -3.55. The van der Waals surface area contributed by atoms with Crippen LogP contribution in [0.25, 0.3) is 11.0 Å². The third kappa shape index (κ3) is 5.87. The molecule has 34 heavy (non-hydrogen) atoms. The molecule has 0 bridgehead atoms. The smallest absolute Gasteiger partial charge is 0.356 e. The van der Waals surface area contributed by atoms with Crippen molar-refractivity contribution in [1.29, 1.82) is 0 Å². The highest BCUT2D eigenvalue weighted by Crippen LogP contribution is 2.33. The Morgan fingerprint density at radius 1 is 1.15 bits per heavy atom. The van der Waals surface area contributed by atoms with Crippen molar-refractivity contribution in [3.63, 3.8) is 0 Å². The third-order valence-electron chi connectivity index (χ3n) is 5.60. The summed E-state index contributed by atoms with van der Waals surface area (Å²) in [5.41, 5.74) is 3.32. The predicted molar refractivity (Wildman–Crippen MR) is 135 cm³/mol. The van der Waals surface area contributed by atoms with E-state index in [2.05, 4.69) is 42.5 Å². The van der Waals surface area contributed by atoms with Gasteiger partial charge in [0.15, 0.2) is 5.69 Å². The number of hydrogen-bond donors (Lipinski definition) is 2. The molecule has 0 saturated carbocycles. The normalized spacial score (nSPS) is 12.0. The Balaban J connectivity index is 1.98. The fraction of sp³-hybridized carbons (Fsp3) is 0.423. The number of pyridine rings is 1. The Labute approximate surface area is 200 Å². The number of rotatable bonds is 10. The summed E-state index contributed by atoms with van der Waals surface area (Å²) in [7, 11) is 3.00. The van der Waals surface area contributed by atoms with E-state index < -0.39 is 5.97 Å². The van der Waals surface area contributed by atoms with E-state index in [1.165, 1.54) is 14.0 Å². The van der Waals surface area contributed by atoms with Crippen molar-refractivity contribution in [1.82, 2.24) is 9.55 Å². The second kappa shape index (κ2) is 11.0. The number of aryl methyl sites for hydroxylation is 1. The van der Waals surface area contributed by atoms with Crippen LogP contribution in [0.3, 0.4) is 0 Å². The maximum Gasteiger partial charge on any atom is 0.356 e. The molecule has 8 heteroatoms. The number of esters is 1. The highest BCUT2D eigenvalue weighted by Gasteiger charge is 2.25. The molecule has 3 rings (SSSR count). The van der Waals surface area contributed by atoms with E-state index in [-0.39, 0.29) is 11.9 Å². The third-order valence-corrected chi connectivity index (χ3v) is 5.60. The lowest BCUT2D eigenvalue weighted by atomic mass is 10.1. The highest BCUT2D eigenvalue weighted by atomic mass is 16.5. The molecule has 2 heterocycles. The number of hydrogen-bond acceptors (Lipinski definition) is 6. The van der Waals surface area contributed by atoms with Crippen LogP contribution in [0.15, 0.2) is 36.5 Å². The van der Waals surface area contributed by atoms with Crippen LogP contribution in [-0.4, -0.2) is 41.7 Å². The van der Waals surface area contributed by atoms with Crippen LogP contribution in [0.4, 0.5) is 11.4 Å². The monoisotopic (exact) mass is 466 g/mol. The molecule has 1 aromatic carbocycles. The summed E-state index contributed by atoms with van der Waals surface area (Å²) in [4.78, 5) is 29.4. The van der Waals surface area contributed by atoms with E-state index in [4.69, 9.17) is 9.47 Å². The number of carbonyl (C=O) groups excluding carboxylic acids is 2. The van der Waals surface area contributed by atoms with Crippen molar-refractivity contribution < 1.29 is 19.1 Å². The van der Waals surface area contributed by atoms with Crippen molar-refractivity contribution in [2.45, 2.75) is 53.1 Å². The van der Waals surface area contributed by atoms with Crippen LogP contribution in [0.5, 0.6) is 5.75 Å². The maximum atomic E-state index is 12.7. The number of nitrogens with one attached hydrogen (secondary N) is 2. The molecule has 1 atom stereocenters. The van der Waals surface area contributed by atoms with E-state index in [9.17, 15) is 9.59 Å². The maximum absolute atomic E-state index is 12.7. The van der Waals surface area contributed by atoms with E-state index in [0.717, 1.165) is 29.8 Å². The number of methoxy groups -OCH3 is 2. The lowest BCUT2D eigenvalue weighted by Gasteiger charge is -2.16. The topological polar surface area (TPSA) is 94.5 Å². The summed E-state index contributed by atoms with van der Waals surface area (Å²) in [5, 5.41) is 7.00. The number of fused-ring (bicyclic) bond motifs is 1. The quantitative estimate of drug-likeness (QED) is 0.414. The fourth-order valence-electron chi connectivity index (χ4n) is 4.01. The molecule has 0 aliphatic heterocycles. The van der Waals surface area contributed by atoms with Crippen molar-refractivity contribution in [3.05, 3.63) is 47.8 Å². The van der Waals surface area contributed by atoms with Gasteiger partial charge in [-0.3, -0.25) is 4.79 Å². The minimum atomic E-state index is -0.508. The lowest BCUT2D eigenvalue weighted by Crippen LogP contribution is -2.18. The molecule has 8 nitrogen and oxygen atoms in total. The SMILES string of the molecule is COC(=O)c1c(NC(C)=O)c2cc(N[C@@H](C)Cc3cccc(OC)c3)cnc2n1CCC(C)C. The first-order valence-corrected chi connectivity index (χ1v) is 11.5. The summed E-state index contributed by atoms with van der Waals surface area (Å²) < 4.78 is 12.2. The number of benzene rings is 1. The molecule has 0 fully saturated rings. The summed E-state index contributed by atoms with van der Waals surface area (Å²) in [6.07, 6.45) is 3.40. The van der Waals surface area contributed by atoms with E-state index >= 15 is 0 Å². The standard InChI is InChI=1S/C26H34N4O4/c1-16(2)10-11-30-24(26(32)34-6)23(29-18(4)31)22-14-20(15-27-25(22)30)28-17(3)12-19-8-7-9-21(13-19)33-5/h7-9,13-17,28H,10-12H2,1-6H3,(H,29,31)/t17-/m0/s1. The molecular formula is C26H34N4O4. The lowest BCUT2D eigenvalue weighted by molar-refractivity contribution is -0.114. The van der Waals surface area contributed by atoms with E-state index in [1.807, 2.05) is 28.8 Å². The van der Waals surface area contributed by atoms with Crippen molar-refractivity contribution in [3.8, 4) is 5.75 Å². The second-order valence-corrected chi connectivity index (χ2v) is 8.93. The van der Waals surface area contributed by atoms with Crippen LogP contribution in [0.1, 0.15) is 50.2 Å². The van der Waals surface area contributed by atoms with Crippen molar-refractivity contribution >= 4 is 34.3 Å². The van der Waals surface area contributed by atoms with Gasteiger partial charge in [-0.25, -0.2) is 9.78 Å². The van der Waals surface area contributed by atoms with Crippen molar-refractivity contribution in [2.24, 2.45) is 5.92 Å². The largest absolute Gasteiger partial charge is 0.497 e. The molecule has 0 saturated heterocycles. The molecule has 2 aromatic heterocycles. The summed E-state index contributed by atoms with van der Waals surface area (Å²) >= 11 is 0. The zero-order valence-electron chi connectivity index (χ0n) is 20.8. The van der Waals surface area contributed by atoms with Crippen LogP contribution in [0.2, 0.25) is 0 Å². The van der Waals surface area contributed by atoms with Gasteiger partial charge in [0, 0.05) is 24.9 Å². The van der Waals surface area contributed by atoms with Gasteiger partial charge in [0.25, 0.3) is 0 Å². The molecule has 0 spiro atoms. The number of nitrogens with zero attached hydrogens (tertiary/aromatic N) is 2. The van der Waals surface area contributed by atoms with Crippen LogP contribution >= 0.6 is 0 Å². The Morgan fingerprint density at radius 2 is 1.91 bits per heavy atom. The summed E-state index contributed by atoms with van der Waals surface area (Å²) in [6.45, 7) is 8.34. The van der Waals surface area contributed by atoms with Gasteiger partial charge in [0.05, 0.1) is 31.8 Å². The van der Waals surface area contributed by atoms with Gasteiger partial charge < -0.3 is 24.7 Å². The summed E-state index contributed by atoms with van der Waals surface area (Å²) in [6, 6.07) is 10.0. The average molecular weight is 467 g/mol. The number of anilines is 2. The number of ether oxygens (including phenoxy) is 2. The van der Waals surface area contributed by atoms with Crippen LogP contribution < -0.4 is 15.4 Å². The molecule has 0 radical (unpaired) electrons. The van der Waals surface area contributed by atoms with Crippen molar-refractivity contribution in [2.75, 3.05) is 24.9 Å². The number of aromatic nitrogens is 2. The molecule has 3 aromatic rings. The number of carbonyl (C=O) groups is 2. The van der Waals surface area contributed by atoms with Gasteiger partial charge in [0.1, 0.15) is 11.4 Å². The Kier molecular flexibility index (Phi) is 8.15. The minimum absolute atomic E-state index is 0.110. The molecule has 1 amide bonds. The van der Waals surface area contributed by atoms with Crippen LogP contribution in [-0.2, 0) is 22.5 Å². The predicted octanol–water partition coefficient (Wildman–Crippen LogP) is 4.88. The van der Waals surface area contributed by atoms with E-state index in [1.54, 1.807) is 13.3 Å². The summed E-state index contributed by atoms with van der Waals surface area (Å²) in [5.74, 6) is 0.487. The molecule has 2 N–H and O–H groups in total. The molecule has 182 valence electrons. The zero-order valence-corrected chi connectivity index (χ0v) is 20.8. The van der Waals surface area contributed by atoms with E-state index in [0.29, 0.717) is 34.9 Å². The zero-order chi connectivity index (χ0) is 24.8. The van der Waals surface area contributed by atoms with Crippen LogP contribution in [0, 0.1) is 5.92 Å². The Morgan fingerprint density at radius 3 is 2.56 bits per heavy atom. The average Bonchev–Trinajstić information content (AvgIpc) is 3.09. The number of amides is 1. The second-order valence-electron chi connectivity index (χ2n) is 8.93. The first kappa shape index (κ1) is 25.1.